The van der Waals surface area contributed by atoms with Crippen LogP contribution < -0.4 is 5.32 Å². The van der Waals surface area contributed by atoms with Crippen LogP contribution in [0.5, 0.6) is 0 Å². The molecule has 0 aliphatic carbocycles. The summed E-state index contributed by atoms with van der Waals surface area (Å²) in [6.45, 7) is 2.52. The lowest BCUT2D eigenvalue weighted by Crippen LogP contribution is -2.24. The molecule has 24 heavy (non-hydrogen) atoms. The van der Waals surface area contributed by atoms with Gasteiger partial charge in [0.2, 0.25) is 5.91 Å². The smallest absolute Gasteiger partial charge is 0.230 e. The van der Waals surface area contributed by atoms with Crippen molar-refractivity contribution in [1.29, 1.82) is 0 Å². The van der Waals surface area contributed by atoms with Crippen LogP contribution in [0.25, 0.3) is 10.6 Å². The number of rotatable bonds is 6. The second-order valence-corrected chi connectivity index (χ2v) is 7.22. The van der Waals surface area contributed by atoms with Gasteiger partial charge in [0, 0.05) is 15.8 Å². The van der Waals surface area contributed by atoms with E-state index >= 15 is 0 Å². The topological polar surface area (TPSA) is 42.0 Å². The molecular formula is C19H18N2OS2. The Hall–Kier alpha value is -2.11. The summed E-state index contributed by atoms with van der Waals surface area (Å²) in [6, 6.07) is 18.2. The normalized spacial score (nSPS) is 10.5. The quantitative estimate of drug-likeness (QED) is 0.662. The largest absolute Gasteiger partial charge is 0.350 e. The predicted molar refractivity (Wildman–Crippen MR) is 101 cm³/mol. The number of amides is 1. The lowest BCUT2D eigenvalue weighted by atomic mass is 10.2. The SMILES string of the molecule is Cc1ccccc1SCC(=O)NCc1csc(-c2ccccc2)n1. The highest BCUT2D eigenvalue weighted by atomic mass is 32.2. The third-order valence-electron chi connectivity index (χ3n) is 3.49. The Morgan fingerprint density at radius 2 is 1.88 bits per heavy atom. The molecule has 0 aliphatic heterocycles. The van der Waals surface area contributed by atoms with Gasteiger partial charge in [0.25, 0.3) is 0 Å². The van der Waals surface area contributed by atoms with Crippen molar-refractivity contribution in [2.75, 3.05) is 5.75 Å². The molecule has 1 N–H and O–H groups in total. The van der Waals surface area contributed by atoms with Crippen LogP contribution >= 0.6 is 23.1 Å². The van der Waals surface area contributed by atoms with Crippen LogP contribution in [0.1, 0.15) is 11.3 Å². The van der Waals surface area contributed by atoms with Crippen molar-refractivity contribution in [2.24, 2.45) is 0 Å². The van der Waals surface area contributed by atoms with Gasteiger partial charge in [-0.2, -0.15) is 0 Å². The average Bonchev–Trinajstić information content (AvgIpc) is 3.09. The molecule has 0 saturated heterocycles. The van der Waals surface area contributed by atoms with Crippen LogP contribution in [0.2, 0.25) is 0 Å². The van der Waals surface area contributed by atoms with E-state index in [1.165, 1.54) is 5.56 Å². The Morgan fingerprint density at radius 1 is 1.12 bits per heavy atom. The molecule has 0 saturated carbocycles. The highest BCUT2D eigenvalue weighted by molar-refractivity contribution is 8.00. The molecule has 5 heteroatoms. The minimum atomic E-state index is 0.0255. The molecule has 0 aliphatic rings. The molecule has 122 valence electrons. The van der Waals surface area contributed by atoms with Gasteiger partial charge in [-0.25, -0.2) is 4.98 Å². The number of nitrogens with one attached hydrogen (secondary N) is 1. The monoisotopic (exact) mass is 354 g/mol. The highest BCUT2D eigenvalue weighted by Gasteiger charge is 2.07. The summed E-state index contributed by atoms with van der Waals surface area (Å²) in [6.07, 6.45) is 0. The van der Waals surface area contributed by atoms with E-state index in [-0.39, 0.29) is 5.91 Å². The van der Waals surface area contributed by atoms with Crippen molar-refractivity contribution < 1.29 is 4.79 Å². The Kier molecular flexibility index (Phi) is 5.67. The maximum Gasteiger partial charge on any atom is 0.230 e. The molecule has 0 spiro atoms. The van der Waals surface area contributed by atoms with Crippen LogP contribution in [-0.2, 0) is 11.3 Å². The van der Waals surface area contributed by atoms with E-state index in [0.29, 0.717) is 12.3 Å². The molecule has 3 nitrogen and oxygen atoms in total. The zero-order valence-electron chi connectivity index (χ0n) is 13.4. The third-order valence-corrected chi connectivity index (χ3v) is 5.61. The van der Waals surface area contributed by atoms with Crippen LogP contribution in [-0.4, -0.2) is 16.6 Å². The number of carbonyl (C=O) groups is 1. The molecule has 2 aromatic carbocycles. The van der Waals surface area contributed by atoms with E-state index in [9.17, 15) is 4.79 Å². The van der Waals surface area contributed by atoms with Gasteiger partial charge in [-0.05, 0) is 18.6 Å². The first-order chi connectivity index (χ1) is 11.7. The standard InChI is InChI=1S/C19H18N2OS2/c1-14-7-5-6-10-17(14)23-13-18(22)20-11-16-12-24-19(21-16)15-8-3-2-4-9-15/h2-10,12H,11,13H2,1H3,(H,20,22). The second-order valence-electron chi connectivity index (χ2n) is 5.34. The van der Waals surface area contributed by atoms with Crippen molar-refractivity contribution in [3.63, 3.8) is 0 Å². The van der Waals surface area contributed by atoms with Crippen molar-refractivity contribution in [3.8, 4) is 10.6 Å². The number of aryl methyl sites for hydroxylation is 1. The third kappa shape index (κ3) is 4.46. The molecule has 3 rings (SSSR count). The predicted octanol–water partition coefficient (Wildman–Crippen LogP) is 4.53. The molecule has 0 atom stereocenters. The van der Waals surface area contributed by atoms with Gasteiger partial charge in [0.15, 0.2) is 0 Å². The first-order valence-electron chi connectivity index (χ1n) is 7.67. The van der Waals surface area contributed by atoms with Gasteiger partial charge in [-0.1, -0.05) is 48.5 Å². The van der Waals surface area contributed by atoms with Gasteiger partial charge in [0.05, 0.1) is 18.0 Å². The Bertz CT molecular complexity index is 815. The number of thioether (sulfide) groups is 1. The van der Waals surface area contributed by atoms with E-state index in [0.717, 1.165) is 21.2 Å². The number of hydrogen-bond acceptors (Lipinski definition) is 4. The van der Waals surface area contributed by atoms with Crippen molar-refractivity contribution in [1.82, 2.24) is 10.3 Å². The van der Waals surface area contributed by atoms with Gasteiger partial charge >= 0.3 is 0 Å². The minimum Gasteiger partial charge on any atom is -0.350 e. The molecule has 0 radical (unpaired) electrons. The molecule has 0 fully saturated rings. The molecule has 0 unspecified atom stereocenters. The van der Waals surface area contributed by atoms with Crippen LogP contribution in [0.3, 0.4) is 0 Å². The van der Waals surface area contributed by atoms with Crippen LogP contribution in [0, 0.1) is 6.92 Å². The summed E-state index contributed by atoms with van der Waals surface area (Å²) in [4.78, 5) is 17.7. The highest BCUT2D eigenvalue weighted by Crippen LogP contribution is 2.23. The number of aromatic nitrogens is 1. The van der Waals surface area contributed by atoms with Gasteiger partial charge in [0.1, 0.15) is 5.01 Å². The Morgan fingerprint density at radius 3 is 2.67 bits per heavy atom. The Labute approximate surface area is 150 Å². The number of nitrogens with zero attached hydrogens (tertiary/aromatic N) is 1. The summed E-state index contributed by atoms with van der Waals surface area (Å²) in [5.41, 5.74) is 3.20. The molecular weight excluding hydrogens is 336 g/mol. The minimum absolute atomic E-state index is 0.0255. The molecule has 3 aromatic rings. The van der Waals surface area contributed by atoms with Crippen LogP contribution in [0.15, 0.2) is 64.9 Å². The second kappa shape index (κ2) is 8.13. The van der Waals surface area contributed by atoms with E-state index in [4.69, 9.17) is 0 Å². The summed E-state index contributed by atoms with van der Waals surface area (Å²) >= 11 is 3.16. The zero-order valence-corrected chi connectivity index (χ0v) is 15.0. The summed E-state index contributed by atoms with van der Waals surface area (Å²) in [7, 11) is 0. The number of benzene rings is 2. The Balaban J connectivity index is 1.50. The summed E-state index contributed by atoms with van der Waals surface area (Å²) in [5, 5.41) is 5.92. The summed E-state index contributed by atoms with van der Waals surface area (Å²) in [5.74, 6) is 0.443. The van der Waals surface area contributed by atoms with E-state index in [2.05, 4.69) is 23.3 Å². The van der Waals surface area contributed by atoms with Gasteiger partial charge < -0.3 is 5.32 Å². The maximum absolute atomic E-state index is 12.0. The fourth-order valence-electron chi connectivity index (χ4n) is 2.20. The van der Waals surface area contributed by atoms with Gasteiger partial charge in [-0.3, -0.25) is 4.79 Å². The number of carbonyl (C=O) groups excluding carboxylic acids is 1. The van der Waals surface area contributed by atoms with E-state index in [1.807, 2.05) is 53.9 Å². The maximum atomic E-state index is 12.0. The van der Waals surface area contributed by atoms with Crippen molar-refractivity contribution in [3.05, 3.63) is 71.2 Å². The molecule has 0 bridgehead atoms. The molecule has 1 amide bonds. The van der Waals surface area contributed by atoms with Crippen molar-refractivity contribution >= 4 is 29.0 Å². The van der Waals surface area contributed by atoms with E-state index in [1.54, 1.807) is 23.1 Å². The van der Waals surface area contributed by atoms with E-state index < -0.39 is 0 Å². The van der Waals surface area contributed by atoms with Gasteiger partial charge in [-0.15, -0.1) is 23.1 Å². The fraction of sp³-hybridized carbons (Fsp3) is 0.158. The lowest BCUT2D eigenvalue weighted by Gasteiger charge is -2.05. The lowest BCUT2D eigenvalue weighted by molar-refractivity contribution is -0.118. The molecule has 1 heterocycles. The number of hydrogen-bond donors (Lipinski definition) is 1. The zero-order chi connectivity index (χ0) is 16.8. The first kappa shape index (κ1) is 16.7. The number of thiazole rings is 1. The van der Waals surface area contributed by atoms with Crippen molar-refractivity contribution in [2.45, 2.75) is 18.4 Å². The molecule has 1 aromatic heterocycles. The summed E-state index contributed by atoms with van der Waals surface area (Å²) < 4.78 is 0. The first-order valence-corrected chi connectivity index (χ1v) is 9.54. The average molecular weight is 355 g/mol. The fourth-order valence-corrected chi connectivity index (χ4v) is 3.89. The van der Waals surface area contributed by atoms with Crippen LogP contribution in [0.4, 0.5) is 0 Å².